The van der Waals surface area contributed by atoms with Crippen LogP contribution in [0.15, 0.2) is 0 Å². The van der Waals surface area contributed by atoms with Crippen LogP contribution in [0.1, 0.15) is 33.6 Å². The zero-order valence-electron chi connectivity index (χ0n) is 9.74. The van der Waals surface area contributed by atoms with Gasteiger partial charge in [-0.15, -0.1) is 0 Å². The molecule has 0 bridgehead atoms. The molecule has 0 heterocycles. The van der Waals surface area contributed by atoms with Gasteiger partial charge in [-0.2, -0.15) is 0 Å². The lowest BCUT2D eigenvalue weighted by atomic mass is 9.90. The summed E-state index contributed by atoms with van der Waals surface area (Å²) in [6, 6.07) is 0. The Labute approximate surface area is 117 Å². The monoisotopic (exact) mass is 462 g/mol. The fourth-order valence-corrected chi connectivity index (χ4v) is 1.72. The van der Waals surface area contributed by atoms with Crippen LogP contribution >= 0.6 is 44.8 Å². The lowest BCUT2D eigenvalue weighted by molar-refractivity contribution is 0.176. The van der Waals surface area contributed by atoms with Crippen molar-refractivity contribution in [3.05, 3.63) is 0 Å². The predicted molar refractivity (Wildman–Crippen MR) is 83.0 cm³/mol. The van der Waals surface area contributed by atoms with E-state index < -0.39 is 7.60 Å². The molecular formula is C9H21I2O3P. The molecule has 0 aromatic heterocycles. The van der Waals surface area contributed by atoms with Gasteiger partial charge in [-0.25, -0.2) is 0 Å². The number of hydrogen-bond acceptors (Lipinski definition) is 2. The van der Waals surface area contributed by atoms with Gasteiger partial charge >= 0.3 is 7.60 Å². The van der Waals surface area contributed by atoms with Crippen molar-refractivity contribution in [3.63, 3.8) is 0 Å². The average molecular weight is 462 g/mol. The minimum absolute atomic E-state index is 0.394. The number of hydrogen-bond donors (Lipinski definition) is 1. The molecule has 0 aliphatic carbocycles. The van der Waals surface area contributed by atoms with Gasteiger partial charge < -0.3 is 9.42 Å². The molecule has 0 aliphatic rings. The molecule has 15 heavy (non-hydrogen) atoms. The van der Waals surface area contributed by atoms with E-state index >= 15 is 0 Å². The van der Waals surface area contributed by atoms with Crippen molar-refractivity contribution >= 4 is 44.8 Å². The fraction of sp³-hybridized carbons (Fsp3) is 1.00. The summed E-state index contributed by atoms with van der Waals surface area (Å²) in [5, 5.41) is 0. The summed E-state index contributed by atoms with van der Waals surface area (Å²) in [6.45, 7) is 7.98. The van der Waals surface area contributed by atoms with Gasteiger partial charge in [0, 0.05) is 43.9 Å². The summed E-state index contributed by atoms with van der Waals surface area (Å²) in [7, 11) is -3.28. The maximum atomic E-state index is 10.9. The summed E-state index contributed by atoms with van der Waals surface area (Å²) >= 11 is 4.24. The van der Waals surface area contributed by atoms with E-state index in [1.165, 1.54) is 6.66 Å². The van der Waals surface area contributed by atoms with Crippen LogP contribution in [0.3, 0.4) is 0 Å². The van der Waals surface area contributed by atoms with Crippen LogP contribution in [-0.4, -0.2) is 18.2 Å². The van der Waals surface area contributed by atoms with E-state index in [2.05, 4.69) is 58.0 Å². The first-order valence-electron chi connectivity index (χ1n) is 4.99. The van der Waals surface area contributed by atoms with Crippen molar-refractivity contribution in [2.24, 2.45) is 11.8 Å². The summed E-state index contributed by atoms with van der Waals surface area (Å²) in [5.41, 5.74) is 0. The first kappa shape index (κ1) is 19.0. The molecule has 0 rings (SSSR count). The van der Waals surface area contributed by atoms with Crippen LogP contribution in [0.25, 0.3) is 0 Å². The number of halogens is 2. The van der Waals surface area contributed by atoms with E-state index in [0.717, 1.165) is 12.8 Å². The molecule has 0 saturated carbocycles. The van der Waals surface area contributed by atoms with Crippen LogP contribution in [-0.2, 0) is 9.09 Å². The van der Waals surface area contributed by atoms with E-state index in [-0.39, 0.29) is 0 Å². The maximum absolute atomic E-state index is 10.9. The van der Waals surface area contributed by atoms with E-state index in [9.17, 15) is 4.57 Å². The Morgan fingerprint density at radius 2 is 1.80 bits per heavy atom. The highest BCUT2D eigenvalue weighted by molar-refractivity contribution is 15.0. The molecule has 0 aromatic carbocycles. The Morgan fingerprint density at radius 1 is 1.33 bits per heavy atom. The van der Waals surface area contributed by atoms with Crippen LogP contribution in [0.4, 0.5) is 0 Å². The molecule has 0 fully saturated rings. The summed E-state index contributed by atoms with van der Waals surface area (Å²) in [6.07, 6.45) is 2.08. The molecule has 3 nitrogen and oxygen atoms in total. The molecule has 0 saturated heterocycles. The van der Waals surface area contributed by atoms with Crippen molar-refractivity contribution in [1.82, 2.24) is 0 Å². The SMILES string of the molecule is CCC(C)C(CC)COP(C)(=O)O.II. The second-order valence-corrected chi connectivity index (χ2v) is 5.52. The van der Waals surface area contributed by atoms with Gasteiger partial charge in [0.05, 0.1) is 6.61 Å². The van der Waals surface area contributed by atoms with Gasteiger partial charge in [-0.05, 0) is 11.8 Å². The Bertz CT molecular complexity index is 184. The van der Waals surface area contributed by atoms with Crippen LogP contribution < -0.4 is 0 Å². The van der Waals surface area contributed by atoms with Crippen molar-refractivity contribution in [1.29, 1.82) is 0 Å². The largest absolute Gasteiger partial charge is 0.325 e. The first-order chi connectivity index (χ1) is 6.90. The average Bonchev–Trinajstić information content (AvgIpc) is 2.19. The van der Waals surface area contributed by atoms with E-state index in [1.54, 1.807) is 0 Å². The normalized spacial score (nSPS) is 18.3. The standard InChI is InChI=1S/C9H21O3P.I2/c1-5-8(3)9(6-2)7-12-13(4,10)11;1-2/h8-9H,5-7H2,1-4H3,(H,10,11);. The number of rotatable bonds is 6. The Kier molecular flexibility index (Phi) is 13.6. The summed E-state index contributed by atoms with van der Waals surface area (Å²) in [5.74, 6) is 0.946. The molecule has 1 N–H and O–H groups in total. The van der Waals surface area contributed by atoms with E-state index in [1.807, 2.05) is 0 Å². The highest BCUT2D eigenvalue weighted by Gasteiger charge is 2.18. The topological polar surface area (TPSA) is 46.5 Å². The first-order valence-corrected chi connectivity index (χ1v) is 13.3. The highest BCUT2D eigenvalue weighted by atomic mass is 128. The minimum atomic E-state index is -3.28. The predicted octanol–water partition coefficient (Wildman–Crippen LogP) is 4.66. The second-order valence-electron chi connectivity index (χ2n) is 3.65. The Balaban J connectivity index is 0. The molecular weight excluding hydrogens is 441 g/mol. The van der Waals surface area contributed by atoms with Gasteiger partial charge in [0.25, 0.3) is 0 Å². The van der Waals surface area contributed by atoms with Gasteiger partial charge in [0.15, 0.2) is 0 Å². The van der Waals surface area contributed by atoms with Gasteiger partial charge in [-0.3, -0.25) is 4.57 Å². The van der Waals surface area contributed by atoms with Gasteiger partial charge in [0.2, 0.25) is 0 Å². The molecule has 0 spiro atoms. The van der Waals surface area contributed by atoms with E-state index in [0.29, 0.717) is 18.4 Å². The fourth-order valence-electron chi connectivity index (χ4n) is 1.25. The van der Waals surface area contributed by atoms with Crippen LogP contribution in [0.5, 0.6) is 0 Å². The zero-order chi connectivity index (χ0) is 12.5. The van der Waals surface area contributed by atoms with Crippen molar-refractivity contribution in [2.75, 3.05) is 13.3 Å². The smallest absolute Gasteiger partial charge is 0.324 e. The van der Waals surface area contributed by atoms with Crippen LogP contribution in [0.2, 0.25) is 0 Å². The zero-order valence-corrected chi connectivity index (χ0v) is 15.0. The van der Waals surface area contributed by atoms with Gasteiger partial charge in [-0.1, -0.05) is 33.6 Å². The van der Waals surface area contributed by atoms with Crippen molar-refractivity contribution in [2.45, 2.75) is 33.6 Å². The molecule has 0 aliphatic heterocycles. The minimum Gasteiger partial charge on any atom is -0.324 e. The molecule has 0 amide bonds. The van der Waals surface area contributed by atoms with E-state index in [4.69, 9.17) is 9.42 Å². The summed E-state index contributed by atoms with van der Waals surface area (Å²) in [4.78, 5) is 8.95. The van der Waals surface area contributed by atoms with Crippen LogP contribution in [0, 0.1) is 11.8 Å². The lowest BCUT2D eigenvalue weighted by Crippen LogP contribution is -2.15. The third-order valence-corrected chi connectivity index (χ3v) is 3.13. The molecule has 3 atom stereocenters. The maximum Gasteiger partial charge on any atom is 0.325 e. The highest BCUT2D eigenvalue weighted by Crippen LogP contribution is 2.38. The van der Waals surface area contributed by atoms with Crippen molar-refractivity contribution in [3.8, 4) is 0 Å². The molecule has 94 valence electrons. The molecule has 3 unspecified atom stereocenters. The van der Waals surface area contributed by atoms with Crippen molar-refractivity contribution < 1.29 is 14.0 Å². The Morgan fingerprint density at radius 3 is 2.07 bits per heavy atom. The third-order valence-electron chi connectivity index (χ3n) is 2.50. The third kappa shape index (κ3) is 11.9. The molecule has 0 radical (unpaired) electrons. The molecule has 6 heteroatoms. The molecule has 0 aromatic rings. The Hall–Kier alpha value is 1.61. The second kappa shape index (κ2) is 10.7. The lowest BCUT2D eigenvalue weighted by Gasteiger charge is -2.21. The summed E-state index contributed by atoms with van der Waals surface area (Å²) < 4.78 is 15.8. The quantitative estimate of drug-likeness (QED) is 0.462. The van der Waals surface area contributed by atoms with Gasteiger partial charge in [0.1, 0.15) is 0 Å².